The largest absolute Gasteiger partial charge is 0.506 e. The minimum absolute atomic E-state index is 0.323. The van der Waals surface area contributed by atoms with Gasteiger partial charge in [-0.25, -0.2) is 0 Å². The minimum atomic E-state index is 0.323. The highest BCUT2D eigenvalue weighted by molar-refractivity contribution is 9.11. The van der Waals surface area contributed by atoms with E-state index in [9.17, 15) is 5.11 Å². The van der Waals surface area contributed by atoms with Gasteiger partial charge in [-0.2, -0.15) is 0 Å². The molecule has 0 fully saturated rings. The number of hydrogen-bond donors (Lipinski definition) is 1. The molecule has 0 heterocycles. The third kappa shape index (κ3) is 2.60. The van der Waals surface area contributed by atoms with Crippen LogP contribution in [0.15, 0.2) is 63.5 Å². The van der Waals surface area contributed by atoms with Crippen molar-refractivity contribution in [1.29, 1.82) is 0 Å². The molecule has 0 bridgehead atoms. The summed E-state index contributed by atoms with van der Waals surface area (Å²) in [5.74, 6) is 0.323. The maximum atomic E-state index is 10.4. The Balaban J connectivity index is 2.13. The molecular weight excluding hydrogens is 380 g/mol. The van der Waals surface area contributed by atoms with Gasteiger partial charge in [-0.05, 0) is 50.5 Å². The van der Waals surface area contributed by atoms with E-state index in [1.165, 1.54) is 5.56 Å². The van der Waals surface area contributed by atoms with E-state index in [1.807, 2.05) is 36.4 Å². The van der Waals surface area contributed by atoms with E-state index in [4.69, 9.17) is 0 Å². The SMILES string of the molecule is Oc1c(Cc2ccccc2)cc2cc(Br)ccc2c1Br. The molecule has 0 aromatic heterocycles. The molecule has 3 aromatic carbocycles. The molecule has 1 nitrogen and oxygen atoms in total. The number of fused-ring (bicyclic) bond motifs is 1. The molecule has 1 N–H and O–H groups in total. The van der Waals surface area contributed by atoms with E-state index in [2.05, 4.69) is 50.1 Å². The summed E-state index contributed by atoms with van der Waals surface area (Å²) in [7, 11) is 0. The molecule has 3 rings (SSSR count). The zero-order chi connectivity index (χ0) is 14.1. The van der Waals surface area contributed by atoms with Crippen molar-refractivity contribution in [3.8, 4) is 5.75 Å². The van der Waals surface area contributed by atoms with E-state index in [0.29, 0.717) is 12.2 Å². The van der Waals surface area contributed by atoms with Gasteiger partial charge in [0.25, 0.3) is 0 Å². The summed E-state index contributed by atoms with van der Waals surface area (Å²) in [4.78, 5) is 0. The van der Waals surface area contributed by atoms with Crippen LogP contribution in [0.5, 0.6) is 5.75 Å². The van der Waals surface area contributed by atoms with Crippen molar-refractivity contribution in [3.63, 3.8) is 0 Å². The van der Waals surface area contributed by atoms with Crippen molar-refractivity contribution in [3.05, 3.63) is 74.7 Å². The van der Waals surface area contributed by atoms with Crippen molar-refractivity contribution in [2.45, 2.75) is 6.42 Å². The average Bonchev–Trinajstić information content (AvgIpc) is 2.45. The van der Waals surface area contributed by atoms with E-state index in [1.54, 1.807) is 0 Å². The normalized spacial score (nSPS) is 10.9. The van der Waals surface area contributed by atoms with Crippen LogP contribution in [-0.2, 0) is 6.42 Å². The Morgan fingerprint density at radius 3 is 2.40 bits per heavy atom. The molecule has 0 saturated heterocycles. The van der Waals surface area contributed by atoms with Crippen LogP contribution in [0.1, 0.15) is 11.1 Å². The molecule has 3 heteroatoms. The Kier molecular flexibility index (Phi) is 3.81. The molecule has 0 aliphatic heterocycles. The first-order valence-electron chi connectivity index (χ1n) is 6.28. The number of phenolic OH excluding ortho intramolecular Hbond substituents is 1. The van der Waals surface area contributed by atoms with Crippen molar-refractivity contribution in [1.82, 2.24) is 0 Å². The van der Waals surface area contributed by atoms with Crippen LogP contribution < -0.4 is 0 Å². The first kappa shape index (κ1) is 13.7. The van der Waals surface area contributed by atoms with E-state index in [-0.39, 0.29) is 0 Å². The third-order valence-electron chi connectivity index (χ3n) is 3.33. The molecule has 0 unspecified atom stereocenters. The quantitative estimate of drug-likeness (QED) is 0.597. The fraction of sp³-hybridized carbons (Fsp3) is 0.0588. The summed E-state index contributed by atoms with van der Waals surface area (Å²) in [6.07, 6.45) is 0.716. The minimum Gasteiger partial charge on any atom is -0.506 e. The first-order valence-corrected chi connectivity index (χ1v) is 7.87. The number of hydrogen-bond acceptors (Lipinski definition) is 1. The van der Waals surface area contributed by atoms with Crippen molar-refractivity contribution in [2.24, 2.45) is 0 Å². The van der Waals surface area contributed by atoms with Crippen LogP contribution >= 0.6 is 31.9 Å². The van der Waals surface area contributed by atoms with Gasteiger partial charge in [0.15, 0.2) is 0 Å². The molecule has 0 amide bonds. The van der Waals surface area contributed by atoms with Gasteiger partial charge < -0.3 is 5.11 Å². The van der Waals surface area contributed by atoms with Crippen LogP contribution in [0, 0.1) is 0 Å². The highest BCUT2D eigenvalue weighted by atomic mass is 79.9. The Morgan fingerprint density at radius 2 is 1.65 bits per heavy atom. The standard InChI is InChI=1S/C17H12Br2O/c18-14-6-7-15-12(10-14)9-13(17(20)16(15)19)8-11-4-2-1-3-5-11/h1-7,9-10,20H,8H2. The molecule has 3 aromatic rings. The van der Waals surface area contributed by atoms with Gasteiger partial charge in [0.05, 0.1) is 4.47 Å². The summed E-state index contributed by atoms with van der Waals surface area (Å²) < 4.78 is 1.79. The summed E-state index contributed by atoms with van der Waals surface area (Å²) in [5, 5.41) is 12.5. The summed E-state index contributed by atoms with van der Waals surface area (Å²) in [6, 6.07) is 18.2. The fourth-order valence-electron chi connectivity index (χ4n) is 2.33. The Labute approximate surface area is 134 Å². The summed E-state index contributed by atoms with van der Waals surface area (Å²) in [6.45, 7) is 0. The Morgan fingerprint density at radius 1 is 0.900 bits per heavy atom. The highest BCUT2D eigenvalue weighted by Crippen LogP contribution is 2.37. The zero-order valence-electron chi connectivity index (χ0n) is 10.6. The number of phenols is 1. The Bertz CT molecular complexity index is 767. The van der Waals surface area contributed by atoms with E-state index in [0.717, 1.165) is 25.3 Å². The fourth-order valence-corrected chi connectivity index (χ4v) is 3.32. The molecule has 0 saturated carbocycles. The zero-order valence-corrected chi connectivity index (χ0v) is 13.8. The predicted molar refractivity (Wildman–Crippen MR) is 90.3 cm³/mol. The second-order valence-electron chi connectivity index (χ2n) is 4.73. The lowest BCUT2D eigenvalue weighted by molar-refractivity contribution is 0.467. The lowest BCUT2D eigenvalue weighted by Gasteiger charge is -2.10. The molecular formula is C17H12Br2O. The van der Waals surface area contributed by atoms with Crippen molar-refractivity contribution >= 4 is 42.6 Å². The molecule has 0 radical (unpaired) electrons. The van der Waals surface area contributed by atoms with Crippen molar-refractivity contribution in [2.75, 3.05) is 0 Å². The highest BCUT2D eigenvalue weighted by Gasteiger charge is 2.11. The topological polar surface area (TPSA) is 20.2 Å². The van der Waals surface area contributed by atoms with E-state index < -0.39 is 0 Å². The van der Waals surface area contributed by atoms with Crippen LogP contribution in [0.25, 0.3) is 10.8 Å². The Hall–Kier alpha value is -1.32. The molecule has 20 heavy (non-hydrogen) atoms. The molecule has 0 aliphatic carbocycles. The summed E-state index contributed by atoms with van der Waals surface area (Å²) >= 11 is 6.99. The van der Waals surface area contributed by atoms with Gasteiger partial charge in [0, 0.05) is 16.5 Å². The van der Waals surface area contributed by atoms with Crippen LogP contribution in [0.3, 0.4) is 0 Å². The van der Waals surface area contributed by atoms with Gasteiger partial charge in [-0.3, -0.25) is 0 Å². The molecule has 0 spiro atoms. The predicted octanol–water partition coefficient (Wildman–Crippen LogP) is 5.66. The number of benzene rings is 3. The third-order valence-corrected chi connectivity index (χ3v) is 4.63. The number of rotatable bonds is 2. The lowest BCUT2D eigenvalue weighted by Crippen LogP contribution is -1.90. The maximum absolute atomic E-state index is 10.4. The first-order chi connectivity index (χ1) is 9.65. The van der Waals surface area contributed by atoms with Crippen LogP contribution in [0.4, 0.5) is 0 Å². The van der Waals surface area contributed by atoms with Gasteiger partial charge in [0.1, 0.15) is 5.75 Å². The second-order valence-corrected chi connectivity index (χ2v) is 6.43. The molecule has 100 valence electrons. The molecule has 0 atom stereocenters. The van der Waals surface area contributed by atoms with Gasteiger partial charge in [0.2, 0.25) is 0 Å². The lowest BCUT2D eigenvalue weighted by atomic mass is 10.00. The van der Waals surface area contributed by atoms with Gasteiger partial charge in [-0.1, -0.05) is 52.3 Å². The van der Waals surface area contributed by atoms with Crippen LogP contribution in [-0.4, -0.2) is 5.11 Å². The average molecular weight is 392 g/mol. The van der Waals surface area contributed by atoms with Gasteiger partial charge >= 0.3 is 0 Å². The second kappa shape index (κ2) is 5.58. The monoisotopic (exact) mass is 390 g/mol. The maximum Gasteiger partial charge on any atom is 0.133 e. The smallest absolute Gasteiger partial charge is 0.133 e. The van der Waals surface area contributed by atoms with Gasteiger partial charge in [-0.15, -0.1) is 0 Å². The summed E-state index contributed by atoms with van der Waals surface area (Å²) in [5.41, 5.74) is 2.11. The van der Waals surface area contributed by atoms with E-state index >= 15 is 0 Å². The number of aromatic hydroxyl groups is 1. The molecule has 0 aliphatic rings. The van der Waals surface area contributed by atoms with Crippen LogP contribution in [0.2, 0.25) is 0 Å². The number of halogens is 2. The van der Waals surface area contributed by atoms with Crippen molar-refractivity contribution < 1.29 is 5.11 Å².